The van der Waals surface area contributed by atoms with Crippen LogP contribution in [0.15, 0.2) is 82.7 Å². The Morgan fingerprint density at radius 1 is 1.00 bits per heavy atom. The van der Waals surface area contributed by atoms with Crippen molar-refractivity contribution in [2.45, 2.75) is 32.9 Å². The molecule has 3 rings (SSSR count). The average Bonchev–Trinajstić information content (AvgIpc) is 2.78. The highest BCUT2D eigenvalue weighted by Gasteiger charge is 2.07. The van der Waals surface area contributed by atoms with Crippen LogP contribution in [0.5, 0.6) is 11.5 Å². The van der Waals surface area contributed by atoms with E-state index in [9.17, 15) is 4.79 Å². The number of aliphatic imine (C=N–C) groups is 1. The second-order valence-corrected chi connectivity index (χ2v) is 7.32. The number of para-hydroxylation sites is 1. The first-order chi connectivity index (χ1) is 15.2. The minimum absolute atomic E-state index is 0. The van der Waals surface area contributed by atoms with E-state index >= 15 is 0 Å². The van der Waals surface area contributed by atoms with Crippen LogP contribution in [-0.4, -0.2) is 24.1 Å². The number of nitrogens with one attached hydrogen (secondary N) is 2. The first kappa shape index (κ1) is 25.5. The molecule has 0 amide bonds. The molecule has 0 bridgehead atoms. The molecule has 0 spiro atoms. The molecule has 1 aromatic heterocycles. The third kappa shape index (κ3) is 8.03. The molecule has 0 unspecified atom stereocenters. The van der Waals surface area contributed by atoms with Crippen molar-refractivity contribution in [3.8, 4) is 11.5 Å². The third-order valence-electron chi connectivity index (χ3n) is 4.88. The normalized spacial score (nSPS) is 10.9. The lowest BCUT2D eigenvalue weighted by atomic mass is 10.1. The molecule has 7 heteroatoms. The predicted octanol–water partition coefficient (Wildman–Crippen LogP) is 4.71. The van der Waals surface area contributed by atoms with Gasteiger partial charge < -0.3 is 19.9 Å². The number of hydrogen-bond donors (Lipinski definition) is 2. The van der Waals surface area contributed by atoms with Crippen molar-refractivity contribution in [1.29, 1.82) is 0 Å². The monoisotopic (exact) mass is 546 g/mol. The van der Waals surface area contributed by atoms with Gasteiger partial charge in [0, 0.05) is 44.5 Å². The first-order valence-electron chi connectivity index (χ1n) is 10.6. The van der Waals surface area contributed by atoms with Gasteiger partial charge in [-0.15, -0.1) is 24.0 Å². The number of unbranched alkanes of at least 4 members (excludes halogenated alkanes) is 1. The maximum atomic E-state index is 11.7. The van der Waals surface area contributed by atoms with Gasteiger partial charge in [-0.1, -0.05) is 36.4 Å². The summed E-state index contributed by atoms with van der Waals surface area (Å²) in [5.41, 5.74) is 2.25. The standard InChI is InChI=1S/C25H30N4O2.HI/c1-20-13-14-21(23(18-20)31-22-10-4-3-5-11-22)19-28-25(26-2)27-15-7-9-17-29-16-8-6-12-24(29)30;/h3-6,8,10-14,16,18H,7,9,15,17,19H2,1-2H3,(H2,26,27,28);1H. The highest BCUT2D eigenvalue weighted by molar-refractivity contribution is 14.0. The molecule has 2 aromatic carbocycles. The fraction of sp³-hybridized carbons (Fsp3) is 0.280. The van der Waals surface area contributed by atoms with Crippen molar-refractivity contribution < 1.29 is 4.74 Å². The Morgan fingerprint density at radius 3 is 2.53 bits per heavy atom. The Kier molecular flexibility index (Phi) is 10.8. The van der Waals surface area contributed by atoms with E-state index in [4.69, 9.17) is 4.74 Å². The average molecular weight is 546 g/mol. The van der Waals surface area contributed by atoms with Gasteiger partial charge in [-0.2, -0.15) is 0 Å². The maximum absolute atomic E-state index is 11.7. The van der Waals surface area contributed by atoms with Crippen molar-refractivity contribution in [2.75, 3.05) is 13.6 Å². The van der Waals surface area contributed by atoms with Gasteiger partial charge in [-0.05, 0) is 49.6 Å². The molecular formula is C25H31IN4O2. The van der Waals surface area contributed by atoms with Crippen LogP contribution in [-0.2, 0) is 13.1 Å². The van der Waals surface area contributed by atoms with Crippen molar-refractivity contribution in [1.82, 2.24) is 15.2 Å². The lowest BCUT2D eigenvalue weighted by molar-refractivity contribution is 0.474. The van der Waals surface area contributed by atoms with Crippen LogP contribution in [0, 0.1) is 6.92 Å². The lowest BCUT2D eigenvalue weighted by Crippen LogP contribution is -2.37. The van der Waals surface area contributed by atoms with Gasteiger partial charge in [0.25, 0.3) is 0 Å². The maximum Gasteiger partial charge on any atom is 0.250 e. The zero-order valence-corrected chi connectivity index (χ0v) is 20.9. The number of nitrogens with zero attached hydrogens (tertiary/aromatic N) is 2. The molecule has 0 aliphatic carbocycles. The summed E-state index contributed by atoms with van der Waals surface area (Å²) < 4.78 is 7.83. The zero-order chi connectivity index (χ0) is 21.9. The van der Waals surface area contributed by atoms with E-state index < -0.39 is 0 Å². The highest BCUT2D eigenvalue weighted by atomic mass is 127. The van der Waals surface area contributed by atoms with Gasteiger partial charge in [-0.3, -0.25) is 9.79 Å². The molecule has 32 heavy (non-hydrogen) atoms. The molecule has 0 saturated heterocycles. The van der Waals surface area contributed by atoms with E-state index in [1.807, 2.05) is 48.7 Å². The van der Waals surface area contributed by atoms with E-state index in [0.29, 0.717) is 6.54 Å². The van der Waals surface area contributed by atoms with Crippen LogP contribution in [0.1, 0.15) is 24.0 Å². The molecule has 3 aromatic rings. The number of halogens is 1. The van der Waals surface area contributed by atoms with E-state index in [2.05, 4.69) is 34.7 Å². The van der Waals surface area contributed by atoms with Gasteiger partial charge >= 0.3 is 0 Å². The molecule has 0 atom stereocenters. The number of aryl methyl sites for hydroxylation is 2. The van der Waals surface area contributed by atoms with E-state index in [1.54, 1.807) is 23.7 Å². The SMILES string of the molecule is CN=C(NCCCCn1ccccc1=O)NCc1ccc(C)cc1Oc1ccccc1.I. The summed E-state index contributed by atoms with van der Waals surface area (Å²) in [5.74, 6) is 2.39. The number of hydrogen-bond acceptors (Lipinski definition) is 3. The van der Waals surface area contributed by atoms with Crippen LogP contribution in [0.25, 0.3) is 0 Å². The van der Waals surface area contributed by atoms with Crippen LogP contribution >= 0.6 is 24.0 Å². The number of aromatic nitrogens is 1. The zero-order valence-electron chi connectivity index (χ0n) is 18.6. The minimum Gasteiger partial charge on any atom is -0.457 e. The summed E-state index contributed by atoms with van der Waals surface area (Å²) in [4.78, 5) is 16.0. The Hall–Kier alpha value is -2.81. The Morgan fingerprint density at radius 2 is 1.78 bits per heavy atom. The molecule has 2 N–H and O–H groups in total. The van der Waals surface area contributed by atoms with Gasteiger partial charge in [-0.25, -0.2) is 0 Å². The molecule has 170 valence electrons. The van der Waals surface area contributed by atoms with Crippen LogP contribution in [0.4, 0.5) is 0 Å². The molecule has 0 aliphatic heterocycles. The Bertz CT molecular complexity index is 1050. The van der Waals surface area contributed by atoms with Gasteiger partial charge in [0.2, 0.25) is 5.56 Å². The molecule has 0 radical (unpaired) electrons. The summed E-state index contributed by atoms with van der Waals surface area (Å²) in [6.45, 7) is 4.15. The van der Waals surface area contributed by atoms with Crippen molar-refractivity contribution in [3.63, 3.8) is 0 Å². The quantitative estimate of drug-likeness (QED) is 0.177. The molecule has 0 aliphatic rings. The first-order valence-corrected chi connectivity index (χ1v) is 10.6. The fourth-order valence-corrected chi connectivity index (χ4v) is 3.18. The van der Waals surface area contributed by atoms with Gasteiger partial charge in [0.15, 0.2) is 5.96 Å². The summed E-state index contributed by atoms with van der Waals surface area (Å²) in [6.07, 6.45) is 3.68. The number of pyridine rings is 1. The molecule has 0 saturated carbocycles. The number of benzene rings is 2. The number of ether oxygens (including phenoxy) is 1. The lowest BCUT2D eigenvalue weighted by Gasteiger charge is -2.15. The van der Waals surface area contributed by atoms with E-state index in [-0.39, 0.29) is 29.5 Å². The minimum atomic E-state index is 0. The Labute approximate surface area is 206 Å². The summed E-state index contributed by atoms with van der Waals surface area (Å²) in [6, 6.07) is 21.2. The third-order valence-corrected chi connectivity index (χ3v) is 4.88. The van der Waals surface area contributed by atoms with Crippen molar-refractivity contribution >= 4 is 29.9 Å². The summed E-state index contributed by atoms with van der Waals surface area (Å²) in [5, 5.41) is 6.68. The second-order valence-electron chi connectivity index (χ2n) is 7.32. The smallest absolute Gasteiger partial charge is 0.250 e. The van der Waals surface area contributed by atoms with Crippen molar-refractivity contribution in [3.05, 3.63) is 94.4 Å². The highest BCUT2D eigenvalue weighted by Crippen LogP contribution is 2.26. The van der Waals surface area contributed by atoms with Crippen LogP contribution in [0.3, 0.4) is 0 Å². The van der Waals surface area contributed by atoms with E-state index in [1.165, 1.54) is 0 Å². The number of rotatable bonds is 9. The number of guanidine groups is 1. The van der Waals surface area contributed by atoms with E-state index in [0.717, 1.165) is 54.5 Å². The molecule has 1 heterocycles. The topological polar surface area (TPSA) is 67.7 Å². The van der Waals surface area contributed by atoms with Crippen molar-refractivity contribution in [2.24, 2.45) is 4.99 Å². The summed E-state index contributed by atoms with van der Waals surface area (Å²) >= 11 is 0. The molecule has 6 nitrogen and oxygen atoms in total. The predicted molar refractivity (Wildman–Crippen MR) is 141 cm³/mol. The van der Waals surface area contributed by atoms with Crippen LogP contribution in [0.2, 0.25) is 0 Å². The largest absolute Gasteiger partial charge is 0.457 e. The van der Waals surface area contributed by atoms with Gasteiger partial charge in [0.1, 0.15) is 11.5 Å². The second kappa shape index (κ2) is 13.6. The summed E-state index contributed by atoms with van der Waals surface area (Å²) in [7, 11) is 1.76. The molecular weight excluding hydrogens is 515 g/mol. The fourth-order valence-electron chi connectivity index (χ4n) is 3.18. The Balaban J connectivity index is 0.00000363. The molecule has 0 fully saturated rings. The van der Waals surface area contributed by atoms with Gasteiger partial charge in [0.05, 0.1) is 0 Å². The van der Waals surface area contributed by atoms with Crippen LogP contribution < -0.4 is 20.9 Å².